The third-order valence-electron chi connectivity index (χ3n) is 1.43. The van der Waals surface area contributed by atoms with Gasteiger partial charge in [0.05, 0.1) is 15.7 Å². The Morgan fingerprint density at radius 2 is 2.00 bits per heavy atom. The Hall–Kier alpha value is 0.0700. The van der Waals surface area contributed by atoms with Gasteiger partial charge in [0, 0.05) is 12.6 Å². The lowest BCUT2D eigenvalue weighted by Crippen LogP contribution is -2.38. The lowest BCUT2D eigenvalue weighted by molar-refractivity contribution is 0.276. The summed E-state index contributed by atoms with van der Waals surface area (Å²) in [6, 6.07) is 0.107. The van der Waals surface area contributed by atoms with Crippen LogP contribution in [0.3, 0.4) is 0 Å². The zero-order valence-electron chi connectivity index (χ0n) is 8.26. The third-order valence-corrected chi connectivity index (χ3v) is 3.16. The molecule has 1 unspecified atom stereocenters. The van der Waals surface area contributed by atoms with Crippen LogP contribution in [0.2, 0.25) is 0 Å². The maximum atomic E-state index is 11.5. The minimum Gasteiger partial charge on any atom is -0.396 e. The van der Waals surface area contributed by atoms with Gasteiger partial charge in [-0.2, -0.15) is 0 Å². The molecule has 2 atom stereocenters. The summed E-state index contributed by atoms with van der Waals surface area (Å²) in [6.07, 6.45) is 0.641. The standard InChI is InChI=1S/C8H19NO2S/c1-7(5-6-10)9-12(11)8(2,3)4/h7,9-10H,5-6H2,1-4H3/t7-,12?/m0/s1. The van der Waals surface area contributed by atoms with Crippen LogP contribution in [0.25, 0.3) is 0 Å². The molecule has 0 heterocycles. The lowest BCUT2D eigenvalue weighted by Gasteiger charge is -2.21. The first-order chi connectivity index (χ1) is 5.38. The van der Waals surface area contributed by atoms with Crippen molar-refractivity contribution in [2.24, 2.45) is 0 Å². The molecule has 0 aromatic rings. The second-order valence-electron chi connectivity index (χ2n) is 3.91. The molecule has 3 nitrogen and oxygen atoms in total. The molecule has 0 bridgehead atoms. The van der Waals surface area contributed by atoms with Gasteiger partial charge in [-0.3, -0.25) is 0 Å². The highest BCUT2D eigenvalue weighted by Crippen LogP contribution is 2.09. The first kappa shape index (κ1) is 12.1. The van der Waals surface area contributed by atoms with E-state index < -0.39 is 11.0 Å². The fourth-order valence-corrected chi connectivity index (χ4v) is 1.45. The minimum absolute atomic E-state index is 0.107. The van der Waals surface area contributed by atoms with Gasteiger partial charge in [-0.15, -0.1) is 0 Å². The largest absolute Gasteiger partial charge is 0.396 e. The quantitative estimate of drug-likeness (QED) is 0.694. The molecule has 0 aliphatic heterocycles. The maximum absolute atomic E-state index is 11.5. The van der Waals surface area contributed by atoms with E-state index in [0.717, 1.165) is 0 Å². The molecule has 0 aliphatic rings. The Balaban J connectivity index is 3.85. The molecule has 0 amide bonds. The molecule has 12 heavy (non-hydrogen) atoms. The Bertz CT molecular complexity index is 154. The van der Waals surface area contributed by atoms with Crippen LogP contribution >= 0.6 is 0 Å². The van der Waals surface area contributed by atoms with Gasteiger partial charge in [0.25, 0.3) is 0 Å². The number of nitrogens with one attached hydrogen (secondary N) is 1. The van der Waals surface area contributed by atoms with Crippen molar-refractivity contribution >= 4 is 11.0 Å². The Labute approximate surface area is 77.1 Å². The van der Waals surface area contributed by atoms with E-state index in [9.17, 15) is 4.21 Å². The van der Waals surface area contributed by atoms with Crippen molar-refractivity contribution in [3.8, 4) is 0 Å². The first-order valence-corrected chi connectivity index (χ1v) is 5.32. The Morgan fingerprint density at radius 1 is 1.50 bits per heavy atom. The number of rotatable bonds is 4. The Kier molecular flexibility index (Phi) is 4.97. The highest BCUT2D eigenvalue weighted by molar-refractivity contribution is 7.84. The smallest absolute Gasteiger partial charge is 0.0972 e. The molecule has 0 saturated carbocycles. The van der Waals surface area contributed by atoms with Crippen LogP contribution in [0.1, 0.15) is 34.1 Å². The van der Waals surface area contributed by atoms with Gasteiger partial charge < -0.3 is 5.11 Å². The molecule has 0 aromatic carbocycles. The van der Waals surface area contributed by atoms with Crippen LogP contribution < -0.4 is 4.72 Å². The summed E-state index contributed by atoms with van der Waals surface area (Å²) in [6.45, 7) is 7.81. The molecule has 0 spiro atoms. The zero-order valence-corrected chi connectivity index (χ0v) is 9.07. The second-order valence-corrected chi connectivity index (χ2v) is 5.91. The van der Waals surface area contributed by atoms with E-state index in [-0.39, 0.29) is 17.4 Å². The fourth-order valence-electron chi connectivity index (χ4n) is 0.612. The number of hydrogen-bond donors (Lipinski definition) is 2. The number of aliphatic hydroxyl groups is 1. The van der Waals surface area contributed by atoms with Crippen LogP contribution in [0, 0.1) is 0 Å². The van der Waals surface area contributed by atoms with Gasteiger partial charge in [-0.25, -0.2) is 8.93 Å². The second kappa shape index (κ2) is 4.94. The molecule has 0 saturated heterocycles. The summed E-state index contributed by atoms with van der Waals surface area (Å²) >= 11 is 0. The molecule has 4 heteroatoms. The summed E-state index contributed by atoms with van der Waals surface area (Å²) in [7, 11) is -1.03. The summed E-state index contributed by atoms with van der Waals surface area (Å²) in [5.74, 6) is 0. The Morgan fingerprint density at radius 3 is 2.33 bits per heavy atom. The van der Waals surface area contributed by atoms with Crippen molar-refractivity contribution in [3.05, 3.63) is 0 Å². The molecule has 0 rings (SSSR count). The average molecular weight is 193 g/mol. The summed E-state index contributed by atoms with van der Waals surface area (Å²) in [5.41, 5.74) is 0. The summed E-state index contributed by atoms with van der Waals surface area (Å²) in [5, 5.41) is 8.61. The topological polar surface area (TPSA) is 49.3 Å². The summed E-state index contributed by atoms with van der Waals surface area (Å²) in [4.78, 5) is 0. The molecule has 0 radical (unpaired) electrons. The molecule has 0 fully saturated rings. The molecule has 0 aliphatic carbocycles. The highest BCUT2D eigenvalue weighted by Gasteiger charge is 2.20. The van der Waals surface area contributed by atoms with Crippen molar-refractivity contribution in [1.82, 2.24) is 4.72 Å². The predicted octanol–water partition coefficient (Wildman–Crippen LogP) is 0.809. The molecule has 74 valence electrons. The molecular formula is C8H19NO2S. The van der Waals surface area contributed by atoms with E-state index in [1.807, 2.05) is 27.7 Å². The van der Waals surface area contributed by atoms with Gasteiger partial charge in [0.2, 0.25) is 0 Å². The van der Waals surface area contributed by atoms with Gasteiger partial charge in [0.1, 0.15) is 0 Å². The van der Waals surface area contributed by atoms with Gasteiger partial charge in [-0.1, -0.05) is 0 Å². The van der Waals surface area contributed by atoms with Crippen molar-refractivity contribution < 1.29 is 9.32 Å². The average Bonchev–Trinajstić information content (AvgIpc) is 1.85. The van der Waals surface area contributed by atoms with Crippen molar-refractivity contribution in [1.29, 1.82) is 0 Å². The van der Waals surface area contributed by atoms with Crippen LogP contribution in [0.4, 0.5) is 0 Å². The van der Waals surface area contributed by atoms with Gasteiger partial charge in [0.15, 0.2) is 0 Å². The minimum atomic E-state index is -1.03. The maximum Gasteiger partial charge on any atom is 0.0972 e. The van der Waals surface area contributed by atoms with Crippen molar-refractivity contribution in [2.75, 3.05) is 6.61 Å². The van der Waals surface area contributed by atoms with E-state index in [1.54, 1.807) is 0 Å². The predicted molar refractivity (Wildman–Crippen MR) is 52.2 cm³/mol. The number of aliphatic hydroxyl groups excluding tert-OH is 1. The van der Waals surface area contributed by atoms with Gasteiger partial charge in [-0.05, 0) is 34.1 Å². The van der Waals surface area contributed by atoms with Crippen LogP contribution in [0.15, 0.2) is 0 Å². The van der Waals surface area contributed by atoms with E-state index in [0.29, 0.717) is 6.42 Å². The van der Waals surface area contributed by atoms with Crippen LogP contribution in [0.5, 0.6) is 0 Å². The summed E-state index contributed by atoms with van der Waals surface area (Å²) < 4.78 is 14.2. The SMILES string of the molecule is C[C@@H](CCO)NS(=O)C(C)(C)C. The fraction of sp³-hybridized carbons (Fsp3) is 1.00. The van der Waals surface area contributed by atoms with Crippen LogP contribution in [-0.2, 0) is 11.0 Å². The highest BCUT2D eigenvalue weighted by atomic mass is 32.2. The van der Waals surface area contributed by atoms with E-state index in [4.69, 9.17) is 5.11 Å². The van der Waals surface area contributed by atoms with Crippen molar-refractivity contribution in [3.63, 3.8) is 0 Å². The molecule has 2 N–H and O–H groups in total. The normalized spacial score (nSPS) is 17.4. The van der Waals surface area contributed by atoms with E-state index >= 15 is 0 Å². The van der Waals surface area contributed by atoms with Crippen LogP contribution in [-0.4, -0.2) is 26.7 Å². The van der Waals surface area contributed by atoms with Gasteiger partial charge >= 0.3 is 0 Å². The third kappa shape index (κ3) is 4.85. The molecule has 0 aromatic heterocycles. The van der Waals surface area contributed by atoms with E-state index in [1.165, 1.54) is 0 Å². The zero-order chi connectivity index (χ0) is 9.78. The first-order valence-electron chi connectivity index (χ1n) is 4.17. The van der Waals surface area contributed by atoms with E-state index in [2.05, 4.69) is 4.72 Å². The lowest BCUT2D eigenvalue weighted by atomic mass is 10.3. The number of hydrogen-bond acceptors (Lipinski definition) is 2. The monoisotopic (exact) mass is 193 g/mol. The molecular weight excluding hydrogens is 174 g/mol. The van der Waals surface area contributed by atoms with Crippen molar-refractivity contribution in [2.45, 2.75) is 44.9 Å².